The number of benzene rings is 2. The summed E-state index contributed by atoms with van der Waals surface area (Å²) in [7, 11) is 3.22. The Labute approximate surface area is 143 Å². The molecule has 0 saturated carbocycles. The van der Waals surface area contributed by atoms with Gasteiger partial charge in [0, 0.05) is 0 Å². The average Bonchev–Trinajstić information content (AvgIpc) is 2.62. The summed E-state index contributed by atoms with van der Waals surface area (Å²) in [6, 6.07) is 11.9. The molecule has 1 atom stereocenters. The van der Waals surface area contributed by atoms with Crippen LogP contribution in [0.4, 0.5) is 0 Å². The number of amides is 1. The monoisotopic (exact) mass is 327 g/mol. The normalized spacial score (nSPS) is 15.5. The molecule has 1 N–H and O–H groups in total. The number of nitrogens with one attached hydrogen (secondary N) is 1. The lowest BCUT2D eigenvalue weighted by atomic mass is 9.89. The van der Waals surface area contributed by atoms with Crippen molar-refractivity contribution in [3.63, 3.8) is 0 Å². The number of fused-ring (bicyclic) bond motifs is 1. The van der Waals surface area contributed by atoms with E-state index in [9.17, 15) is 4.79 Å². The first-order valence-corrected chi connectivity index (χ1v) is 8.23. The Morgan fingerprint density at radius 1 is 1.00 bits per heavy atom. The van der Waals surface area contributed by atoms with Crippen molar-refractivity contribution in [1.82, 2.24) is 5.32 Å². The number of hydrogen-bond acceptors (Lipinski definition) is 3. The summed E-state index contributed by atoms with van der Waals surface area (Å²) in [5.74, 6) is 1.35. The summed E-state index contributed by atoms with van der Waals surface area (Å²) in [6.07, 6.45) is 0.359. The van der Waals surface area contributed by atoms with E-state index >= 15 is 0 Å². The fourth-order valence-electron chi connectivity index (χ4n) is 2.84. The van der Waals surface area contributed by atoms with Crippen LogP contribution >= 0.6 is 0 Å². The molecule has 3 rings (SSSR count). The third-order valence-corrected chi connectivity index (χ3v) is 4.02. The Bertz CT molecular complexity index is 708. The predicted octanol–water partition coefficient (Wildman–Crippen LogP) is 3.80. The second-order valence-corrected chi connectivity index (χ2v) is 5.49. The lowest BCUT2D eigenvalue weighted by Gasteiger charge is -2.28. The summed E-state index contributed by atoms with van der Waals surface area (Å²) in [6.45, 7) is 6.05. The first kappa shape index (κ1) is 17.9. The maximum atomic E-state index is 12.0. The van der Waals surface area contributed by atoms with E-state index in [2.05, 4.69) is 17.4 Å². The molecule has 1 aliphatic rings. The van der Waals surface area contributed by atoms with Crippen LogP contribution in [-0.2, 0) is 11.2 Å². The lowest BCUT2D eigenvalue weighted by molar-refractivity contribution is -0.121. The maximum Gasteiger partial charge on any atom is 0.225 e. The van der Waals surface area contributed by atoms with Gasteiger partial charge in [-0.25, -0.2) is 0 Å². The molecular formula is C20H25NO3. The van der Waals surface area contributed by atoms with Crippen molar-refractivity contribution in [1.29, 1.82) is 0 Å². The molecule has 1 aliphatic heterocycles. The molecule has 0 spiro atoms. The van der Waals surface area contributed by atoms with Crippen molar-refractivity contribution >= 4 is 5.91 Å². The standard InChI is InChI=1S/C18H19NO3.C2H6/c1-11-4-6-12(7-5-11)18-14-10-16(22-3)15(21-2)8-13(14)9-17(20)19-18;1-2/h4-8,10,18H,9H2,1-3H3,(H,19,20);1-2H3. The molecule has 0 fully saturated rings. The van der Waals surface area contributed by atoms with E-state index in [0.717, 1.165) is 16.7 Å². The Balaban J connectivity index is 0.00000100. The molecule has 0 radical (unpaired) electrons. The van der Waals surface area contributed by atoms with Crippen molar-refractivity contribution in [2.24, 2.45) is 0 Å². The van der Waals surface area contributed by atoms with Gasteiger partial charge in [-0.3, -0.25) is 4.79 Å². The number of hydrogen-bond donors (Lipinski definition) is 1. The zero-order chi connectivity index (χ0) is 17.7. The minimum absolute atomic E-state index is 0.0188. The number of methoxy groups -OCH3 is 2. The van der Waals surface area contributed by atoms with E-state index in [0.29, 0.717) is 17.9 Å². The zero-order valence-corrected chi connectivity index (χ0v) is 15.0. The van der Waals surface area contributed by atoms with E-state index in [4.69, 9.17) is 9.47 Å². The number of ether oxygens (including phenoxy) is 2. The molecule has 1 unspecified atom stereocenters. The van der Waals surface area contributed by atoms with E-state index in [1.165, 1.54) is 5.56 Å². The average molecular weight is 327 g/mol. The molecule has 0 bridgehead atoms. The van der Waals surface area contributed by atoms with Gasteiger partial charge >= 0.3 is 0 Å². The van der Waals surface area contributed by atoms with Crippen molar-refractivity contribution in [3.05, 3.63) is 58.7 Å². The van der Waals surface area contributed by atoms with Gasteiger partial charge in [-0.05, 0) is 35.7 Å². The molecule has 24 heavy (non-hydrogen) atoms. The quantitative estimate of drug-likeness (QED) is 0.933. The second kappa shape index (κ2) is 7.86. The van der Waals surface area contributed by atoms with Crippen LogP contribution in [0.3, 0.4) is 0 Å². The summed E-state index contributed by atoms with van der Waals surface area (Å²) in [4.78, 5) is 12.0. The van der Waals surface area contributed by atoms with Gasteiger partial charge < -0.3 is 14.8 Å². The van der Waals surface area contributed by atoms with Crippen LogP contribution in [0, 0.1) is 6.92 Å². The molecule has 4 heteroatoms. The number of aryl methyl sites for hydroxylation is 1. The Hall–Kier alpha value is -2.49. The maximum absolute atomic E-state index is 12.0. The highest BCUT2D eigenvalue weighted by molar-refractivity contribution is 5.82. The minimum Gasteiger partial charge on any atom is -0.493 e. The SMILES string of the molecule is CC.COc1cc2c(cc1OC)C(c1ccc(C)cc1)NC(=O)C2. The molecule has 128 valence electrons. The van der Waals surface area contributed by atoms with Gasteiger partial charge in [-0.1, -0.05) is 43.7 Å². The van der Waals surface area contributed by atoms with Gasteiger partial charge in [0.25, 0.3) is 0 Å². The van der Waals surface area contributed by atoms with Gasteiger partial charge in [0.05, 0.1) is 26.7 Å². The highest BCUT2D eigenvalue weighted by Gasteiger charge is 2.27. The minimum atomic E-state index is -0.156. The van der Waals surface area contributed by atoms with E-state index in [1.54, 1.807) is 14.2 Å². The summed E-state index contributed by atoms with van der Waals surface area (Å²) in [5, 5.41) is 3.06. The number of carbonyl (C=O) groups excluding carboxylic acids is 1. The topological polar surface area (TPSA) is 47.6 Å². The van der Waals surface area contributed by atoms with Crippen LogP contribution in [0.2, 0.25) is 0 Å². The van der Waals surface area contributed by atoms with E-state index in [-0.39, 0.29) is 11.9 Å². The van der Waals surface area contributed by atoms with Crippen LogP contribution in [0.1, 0.15) is 42.1 Å². The van der Waals surface area contributed by atoms with Crippen molar-refractivity contribution in [2.75, 3.05) is 14.2 Å². The third kappa shape index (κ3) is 3.53. The van der Waals surface area contributed by atoms with Gasteiger partial charge in [0.2, 0.25) is 5.91 Å². The van der Waals surface area contributed by atoms with Crippen molar-refractivity contribution in [2.45, 2.75) is 33.2 Å². The van der Waals surface area contributed by atoms with Crippen LogP contribution in [0.25, 0.3) is 0 Å². The Morgan fingerprint density at radius 2 is 1.58 bits per heavy atom. The van der Waals surface area contributed by atoms with Gasteiger partial charge in [-0.15, -0.1) is 0 Å². The molecule has 0 aromatic heterocycles. The number of carbonyl (C=O) groups is 1. The van der Waals surface area contributed by atoms with Crippen molar-refractivity contribution < 1.29 is 14.3 Å². The summed E-state index contributed by atoms with van der Waals surface area (Å²) < 4.78 is 10.7. The van der Waals surface area contributed by atoms with Crippen LogP contribution in [0.5, 0.6) is 11.5 Å². The number of rotatable bonds is 3. The molecule has 2 aromatic carbocycles. The molecule has 1 heterocycles. The largest absolute Gasteiger partial charge is 0.493 e. The predicted molar refractivity (Wildman–Crippen MR) is 95.8 cm³/mol. The van der Waals surface area contributed by atoms with Crippen LogP contribution in [-0.4, -0.2) is 20.1 Å². The highest BCUT2D eigenvalue weighted by Crippen LogP contribution is 2.37. The van der Waals surface area contributed by atoms with Gasteiger partial charge in [-0.2, -0.15) is 0 Å². The van der Waals surface area contributed by atoms with E-state index in [1.807, 2.05) is 45.0 Å². The third-order valence-electron chi connectivity index (χ3n) is 4.02. The van der Waals surface area contributed by atoms with Crippen LogP contribution in [0.15, 0.2) is 36.4 Å². The second-order valence-electron chi connectivity index (χ2n) is 5.49. The smallest absolute Gasteiger partial charge is 0.225 e. The van der Waals surface area contributed by atoms with Crippen LogP contribution < -0.4 is 14.8 Å². The Kier molecular flexibility index (Phi) is 5.85. The first-order valence-electron chi connectivity index (χ1n) is 8.23. The molecule has 1 amide bonds. The van der Waals surface area contributed by atoms with Gasteiger partial charge in [0.1, 0.15) is 0 Å². The first-order chi connectivity index (χ1) is 11.6. The van der Waals surface area contributed by atoms with Gasteiger partial charge in [0.15, 0.2) is 11.5 Å². The molecule has 4 nitrogen and oxygen atoms in total. The van der Waals surface area contributed by atoms with Crippen molar-refractivity contribution in [3.8, 4) is 11.5 Å². The summed E-state index contributed by atoms with van der Waals surface area (Å²) in [5.41, 5.74) is 4.29. The fraction of sp³-hybridized carbons (Fsp3) is 0.350. The fourth-order valence-corrected chi connectivity index (χ4v) is 2.84. The molecule has 0 saturated heterocycles. The molecule has 0 aliphatic carbocycles. The van der Waals surface area contributed by atoms with E-state index < -0.39 is 0 Å². The zero-order valence-electron chi connectivity index (χ0n) is 15.0. The molecule has 2 aromatic rings. The molecular weight excluding hydrogens is 302 g/mol. The summed E-state index contributed by atoms with van der Waals surface area (Å²) >= 11 is 0. The lowest BCUT2D eigenvalue weighted by Crippen LogP contribution is -2.35. The highest BCUT2D eigenvalue weighted by atomic mass is 16.5. The Morgan fingerprint density at radius 3 is 2.17 bits per heavy atom.